The topological polar surface area (TPSA) is 129 Å². The predicted molar refractivity (Wildman–Crippen MR) is 172 cm³/mol. The van der Waals surface area contributed by atoms with Crippen LogP contribution in [0.4, 0.5) is 16.4 Å². The van der Waals surface area contributed by atoms with Crippen molar-refractivity contribution in [3.05, 3.63) is 84.2 Å². The maximum Gasteiger partial charge on any atom is 0.410 e. The maximum absolute atomic E-state index is 13.6. The lowest BCUT2D eigenvalue weighted by Gasteiger charge is -2.38. The fraction of sp³-hybridized carbons (Fsp3) is 0.303. The van der Waals surface area contributed by atoms with Crippen molar-refractivity contribution in [2.24, 2.45) is 5.92 Å². The van der Waals surface area contributed by atoms with E-state index in [4.69, 9.17) is 21.3 Å². The third-order valence-corrected chi connectivity index (χ3v) is 7.54. The Morgan fingerprint density at radius 2 is 1.89 bits per heavy atom. The zero-order valence-corrected chi connectivity index (χ0v) is 25.6. The van der Waals surface area contributed by atoms with Gasteiger partial charge in [-0.1, -0.05) is 48.5 Å². The number of anilines is 2. The van der Waals surface area contributed by atoms with Gasteiger partial charge in [0.25, 0.3) is 0 Å². The molecule has 4 aromatic rings. The quantitative estimate of drug-likeness (QED) is 0.200. The summed E-state index contributed by atoms with van der Waals surface area (Å²) in [6.07, 6.45) is 4.77. The number of Topliss-reactive ketones (excluding diaryl/α,β-unsaturated/α-hetero) is 1. The van der Waals surface area contributed by atoms with E-state index in [1.54, 1.807) is 35.4 Å². The highest BCUT2D eigenvalue weighted by Gasteiger charge is 2.36. The summed E-state index contributed by atoms with van der Waals surface area (Å²) in [4.78, 5) is 52.2. The average Bonchev–Trinajstić information content (AvgIpc) is 3.42. The number of nitrogens with one attached hydrogen (secondary N) is 3. The van der Waals surface area contributed by atoms with Gasteiger partial charge < -0.3 is 25.3 Å². The Morgan fingerprint density at radius 1 is 1.14 bits per heavy atom. The molecule has 44 heavy (non-hydrogen) atoms. The normalized spacial score (nSPS) is 16.8. The Kier molecular flexibility index (Phi) is 9.01. The van der Waals surface area contributed by atoms with Crippen LogP contribution in [0.25, 0.3) is 22.2 Å². The van der Waals surface area contributed by atoms with Gasteiger partial charge in [-0.15, -0.1) is 0 Å². The van der Waals surface area contributed by atoms with Crippen molar-refractivity contribution in [3.63, 3.8) is 0 Å². The van der Waals surface area contributed by atoms with Gasteiger partial charge in [-0.05, 0) is 57.0 Å². The molecule has 2 aromatic heterocycles. The van der Waals surface area contributed by atoms with Gasteiger partial charge in [-0.3, -0.25) is 9.59 Å². The number of ether oxygens (including phenoxy) is 1. The molecule has 0 spiro atoms. The zero-order chi connectivity index (χ0) is 31.4. The summed E-state index contributed by atoms with van der Waals surface area (Å²) in [6, 6.07) is 14.6. The van der Waals surface area contributed by atoms with Crippen LogP contribution >= 0.6 is 11.6 Å². The van der Waals surface area contributed by atoms with Crippen LogP contribution in [0.15, 0.2) is 73.6 Å². The number of nitrogens with zero attached hydrogens (tertiary/aromatic N) is 3. The molecule has 0 bridgehead atoms. The standard InChI is InChI=1S/C33H35ClN6O4/c1-5-29(42)37-22-12-10-20(11-13-22)14-28(41)21-15-23(19-40(18-21)32(43)44-33(2,3)4)38-31-36-17-26(34)30(39-31)25-16-35-27-9-7-6-8-24(25)27/h5-13,16-17,21,23,35H,1,14-15,18-19H2,2-4H3,(H,37,42)(H,36,38,39)/t21-,23?/m1/s1. The second-order valence-corrected chi connectivity index (χ2v) is 12.2. The number of rotatable bonds is 8. The van der Waals surface area contributed by atoms with Crippen molar-refractivity contribution in [1.82, 2.24) is 19.9 Å². The van der Waals surface area contributed by atoms with Crippen LogP contribution < -0.4 is 10.6 Å². The molecule has 0 aliphatic carbocycles. The van der Waals surface area contributed by atoms with E-state index in [1.165, 1.54) is 6.08 Å². The number of aromatic amines is 1. The number of piperidine rings is 1. The van der Waals surface area contributed by atoms with Gasteiger partial charge in [0.1, 0.15) is 11.4 Å². The molecule has 10 nitrogen and oxygen atoms in total. The van der Waals surface area contributed by atoms with Gasteiger partial charge in [-0.25, -0.2) is 14.8 Å². The summed E-state index contributed by atoms with van der Waals surface area (Å²) < 4.78 is 5.66. The van der Waals surface area contributed by atoms with Gasteiger partial charge in [-0.2, -0.15) is 0 Å². The number of carbonyl (C=O) groups is 3. The Balaban J connectivity index is 1.35. The molecule has 0 radical (unpaired) electrons. The number of hydrogen-bond donors (Lipinski definition) is 3. The number of fused-ring (bicyclic) bond motifs is 1. The molecule has 228 valence electrons. The summed E-state index contributed by atoms with van der Waals surface area (Å²) >= 11 is 6.53. The lowest BCUT2D eigenvalue weighted by Crippen LogP contribution is -2.52. The van der Waals surface area contributed by atoms with Crippen molar-refractivity contribution in [2.75, 3.05) is 23.7 Å². The van der Waals surface area contributed by atoms with Crippen LogP contribution in [0.1, 0.15) is 32.8 Å². The second-order valence-electron chi connectivity index (χ2n) is 11.8. The lowest BCUT2D eigenvalue weighted by molar-refractivity contribution is -0.123. The number of carbonyl (C=O) groups excluding carboxylic acids is 3. The van der Waals surface area contributed by atoms with Crippen molar-refractivity contribution in [3.8, 4) is 11.3 Å². The number of H-pyrrole nitrogens is 1. The fourth-order valence-corrected chi connectivity index (χ4v) is 5.43. The van der Waals surface area contributed by atoms with E-state index >= 15 is 0 Å². The van der Waals surface area contributed by atoms with Crippen molar-refractivity contribution >= 4 is 51.9 Å². The number of hydrogen-bond acceptors (Lipinski definition) is 7. The number of para-hydroxylation sites is 1. The van der Waals surface area contributed by atoms with Crippen molar-refractivity contribution in [1.29, 1.82) is 0 Å². The van der Waals surface area contributed by atoms with E-state index in [0.29, 0.717) is 35.3 Å². The molecule has 1 aliphatic heterocycles. The third kappa shape index (κ3) is 7.44. The van der Waals surface area contributed by atoms with Crippen LogP contribution in [-0.2, 0) is 20.7 Å². The van der Waals surface area contributed by atoms with E-state index in [1.807, 2.05) is 51.2 Å². The molecular weight excluding hydrogens is 580 g/mol. The molecule has 1 aliphatic rings. The van der Waals surface area contributed by atoms with Crippen LogP contribution in [0.3, 0.4) is 0 Å². The average molecular weight is 615 g/mol. The number of benzene rings is 2. The summed E-state index contributed by atoms with van der Waals surface area (Å²) in [5, 5.41) is 7.43. The summed E-state index contributed by atoms with van der Waals surface area (Å²) in [5.41, 5.74) is 3.10. The number of halogens is 1. The molecule has 1 unspecified atom stereocenters. The Morgan fingerprint density at radius 3 is 2.61 bits per heavy atom. The van der Waals surface area contributed by atoms with E-state index in [9.17, 15) is 14.4 Å². The molecule has 11 heteroatoms. The molecular formula is C33H35ClN6O4. The highest BCUT2D eigenvalue weighted by molar-refractivity contribution is 6.33. The van der Waals surface area contributed by atoms with E-state index in [2.05, 4.69) is 27.2 Å². The largest absolute Gasteiger partial charge is 0.444 e. The van der Waals surface area contributed by atoms with Crippen LogP contribution in [0.2, 0.25) is 5.02 Å². The minimum Gasteiger partial charge on any atom is -0.444 e. The highest BCUT2D eigenvalue weighted by atomic mass is 35.5. The minimum absolute atomic E-state index is 0.00978. The number of likely N-dealkylation sites (tertiary alicyclic amines) is 1. The Labute approximate surface area is 260 Å². The SMILES string of the molecule is C=CC(=O)Nc1ccc(CC(=O)[C@@H]2CC(Nc3ncc(Cl)c(-c4c[nH]c5ccccc45)n3)CN(C(=O)OC(C)(C)C)C2)cc1. The number of amides is 2. The van der Waals surface area contributed by atoms with Gasteiger partial charge in [0.15, 0.2) is 0 Å². The maximum atomic E-state index is 13.6. The first-order chi connectivity index (χ1) is 21.0. The molecule has 2 aromatic carbocycles. The Bertz CT molecular complexity index is 1690. The summed E-state index contributed by atoms with van der Waals surface area (Å²) in [5.74, 6) is -0.428. The first-order valence-corrected chi connectivity index (χ1v) is 14.8. The molecule has 1 fully saturated rings. The van der Waals surface area contributed by atoms with Crippen molar-refractivity contribution in [2.45, 2.75) is 45.3 Å². The van der Waals surface area contributed by atoms with Gasteiger partial charge in [0.2, 0.25) is 11.9 Å². The smallest absolute Gasteiger partial charge is 0.410 e. The second kappa shape index (κ2) is 12.9. The molecule has 3 N–H and O–H groups in total. The zero-order valence-electron chi connectivity index (χ0n) is 24.9. The van der Waals surface area contributed by atoms with Crippen LogP contribution in [-0.4, -0.2) is 62.4 Å². The summed E-state index contributed by atoms with van der Waals surface area (Å²) in [7, 11) is 0. The predicted octanol–water partition coefficient (Wildman–Crippen LogP) is 6.25. The minimum atomic E-state index is -0.687. The van der Waals surface area contributed by atoms with E-state index in [0.717, 1.165) is 22.0 Å². The molecule has 3 heterocycles. The molecule has 0 saturated carbocycles. The third-order valence-electron chi connectivity index (χ3n) is 7.26. The highest BCUT2D eigenvalue weighted by Crippen LogP contribution is 2.33. The lowest BCUT2D eigenvalue weighted by atomic mass is 9.88. The number of ketones is 1. The van der Waals surface area contributed by atoms with E-state index in [-0.39, 0.29) is 30.7 Å². The first kappa shape index (κ1) is 30.7. The van der Waals surface area contributed by atoms with E-state index < -0.39 is 17.6 Å². The monoisotopic (exact) mass is 614 g/mol. The van der Waals surface area contributed by atoms with Crippen LogP contribution in [0.5, 0.6) is 0 Å². The number of aromatic nitrogens is 3. The molecule has 2 atom stereocenters. The van der Waals surface area contributed by atoms with Gasteiger partial charge in [0, 0.05) is 59.8 Å². The Hall–Kier alpha value is -4.70. The fourth-order valence-electron chi connectivity index (χ4n) is 5.23. The molecule has 5 rings (SSSR count). The van der Waals surface area contributed by atoms with Gasteiger partial charge >= 0.3 is 6.09 Å². The molecule has 2 amide bonds. The molecule has 1 saturated heterocycles. The van der Waals surface area contributed by atoms with Gasteiger partial charge in [0.05, 0.1) is 16.9 Å². The summed E-state index contributed by atoms with van der Waals surface area (Å²) in [6.45, 7) is 9.42. The first-order valence-electron chi connectivity index (χ1n) is 14.4. The van der Waals surface area contributed by atoms with Crippen LogP contribution in [0, 0.1) is 5.92 Å². The van der Waals surface area contributed by atoms with Crippen molar-refractivity contribution < 1.29 is 19.1 Å².